The van der Waals surface area contributed by atoms with Gasteiger partial charge in [0.25, 0.3) is 11.6 Å². The molecule has 0 atom stereocenters. The van der Waals surface area contributed by atoms with Crippen molar-refractivity contribution >= 4 is 28.9 Å². The van der Waals surface area contributed by atoms with Crippen molar-refractivity contribution in [2.75, 3.05) is 26.0 Å². The molecule has 0 aromatic heterocycles. The van der Waals surface area contributed by atoms with Crippen LogP contribution in [0.3, 0.4) is 0 Å². The lowest BCUT2D eigenvalue weighted by Gasteiger charge is -2.19. The van der Waals surface area contributed by atoms with Crippen LogP contribution in [0.1, 0.15) is 15.9 Å². The van der Waals surface area contributed by atoms with E-state index >= 15 is 0 Å². The molecule has 2 rings (SSSR count). The minimum absolute atomic E-state index is 0.0480. The number of hydrogen-bond acceptors (Lipinski definition) is 4. The number of nitro benzene ring substituents is 1. The summed E-state index contributed by atoms with van der Waals surface area (Å²) in [4.78, 5) is 26.1. The van der Waals surface area contributed by atoms with E-state index in [4.69, 9.17) is 11.6 Å². The molecule has 0 saturated carbocycles. The van der Waals surface area contributed by atoms with Crippen molar-refractivity contribution in [3.63, 3.8) is 0 Å². The van der Waals surface area contributed by atoms with E-state index in [1.54, 1.807) is 19.0 Å². The summed E-state index contributed by atoms with van der Waals surface area (Å²) in [5.74, 6) is -0.978. The van der Waals surface area contributed by atoms with Crippen LogP contribution in [0.2, 0.25) is 5.02 Å². The summed E-state index contributed by atoms with van der Waals surface area (Å²) in [5.41, 5.74) is 0.557. The maximum absolute atomic E-state index is 13.9. The van der Waals surface area contributed by atoms with Gasteiger partial charge in [-0.2, -0.15) is 0 Å². The maximum Gasteiger partial charge on any atom is 0.293 e. The molecule has 0 spiro atoms. The molecule has 0 aliphatic heterocycles. The van der Waals surface area contributed by atoms with Gasteiger partial charge in [-0.3, -0.25) is 14.9 Å². The minimum Gasteiger partial charge on any atom is -0.372 e. The van der Waals surface area contributed by atoms with E-state index in [9.17, 15) is 19.3 Å². The second-order valence-corrected chi connectivity index (χ2v) is 6.12. The zero-order valence-electron chi connectivity index (χ0n) is 14.0. The van der Waals surface area contributed by atoms with Gasteiger partial charge in [0, 0.05) is 49.9 Å². The third kappa shape index (κ3) is 4.06. The van der Waals surface area contributed by atoms with Crippen LogP contribution in [0.5, 0.6) is 0 Å². The van der Waals surface area contributed by atoms with E-state index in [2.05, 4.69) is 0 Å². The van der Waals surface area contributed by atoms with Gasteiger partial charge in [-0.25, -0.2) is 4.39 Å². The van der Waals surface area contributed by atoms with E-state index in [1.165, 1.54) is 48.3 Å². The number of rotatable bonds is 5. The van der Waals surface area contributed by atoms with E-state index in [1.807, 2.05) is 0 Å². The summed E-state index contributed by atoms with van der Waals surface area (Å²) in [5, 5.41) is 11.5. The largest absolute Gasteiger partial charge is 0.372 e. The van der Waals surface area contributed by atoms with Gasteiger partial charge < -0.3 is 9.80 Å². The van der Waals surface area contributed by atoms with Gasteiger partial charge in [-0.1, -0.05) is 17.7 Å². The Morgan fingerprint density at radius 1 is 1.24 bits per heavy atom. The molecule has 0 aliphatic rings. The Labute approximate surface area is 149 Å². The number of nitro groups is 1. The molecule has 2 aromatic carbocycles. The molecule has 0 radical (unpaired) electrons. The summed E-state index contributed by atoms with van der Waals surface area (Å²) < 4.78 is 13.9. The molecule has 0 aliphatic carbocycles. The Morgan fingerprint density at radius 3 is 2.48 bits per heavy atom. The molecular formula is C17H17ClFN3O3. The highest BCUT2D eigenvalue weighted by Crippen LogP contribution is 2.28. The van der Waals surface area contributed by atoms with Crippen LogP contribution in [-0.4, -0.2) is 36.9 Å². The Bertz CT molecular complexity index is 807. The van der Waals surface area contributed by atoms with Crippen molar-refractivity contribution in [3.05, 3.63) is 68.5 Å². The van der Waals surface area contributed by atoms with Gasteiger partial charge >= 0.3 is 0 Å². The molecule has 0 saturated heterocycles. The number of carbonyl (C=O) groups excluding carboxylic acids is 1. The summed E-state index contributed by atoms with van der Waals surface area (Å²) in [7, 11) is 4.84. The SMILES string of the molecule is CN(Cc1c(F)cccc1Cl)C(=O)c1ccc(N(C)C)c([N+](=O)[O-])c1. The van der Waals surface area contributed by atoms with Gasteiger partial charge in [0.05, 0.1) is 4.92 Å². The summed E-state index contributed by atoms with van der Waals surface area (Å²) >= 11 is 5.97. The van der Waals surface area contributed by atoms with Crippen LogP contribution in [-0.2, 0) is 6.54 Å². The minimum atomic E-state index is -0.542. The molecule has 25 heavy (non-hydrogen) atoms. The number of hydrogen-bond donors (Lipinski definition) is 0. The quantitative estimate of drug-likeness (QED) is 0.598. The molecule has 6 nitrogen and oxygen atoms in total. The second kappa shape index (κ2) is 7.48. The standard InChI is InChI=1S/C17H17ClFN3O3/c1-20(2)15-8-7-11(9-16(15)22(24)25)17(23)21(3)10-12-13(18)5-4-6-14(12)19/h4-9H,10H2,1-3H3. The number of benzene rings is 2. The molecule has 2 aromatic rings. The average Bonchev–Trinajstić information content (AvgIpc) is 2.56. The Morgan fingerprint density at radius 2 is 1.92 bits per heavy atom. The zero-order chi connectivity index (χ0) is 18.7. The van der Waals surface area contributed by atoms with Crippen molar-refractivity contribution < 1.29 is 14.1 Å². The molecule has 0 N–H and O–H groups in total. The van der Waals surface area contributed by atoms with E-state index in [0.717, 1.165) is 0 Å². The molecule has 0 fully saturated rings. The third-order valence-corrected chi connectivity index (χ3v) is 4.06. The first-order chi connectivity index (χ1) is 11.7. The first kappa shape index (κ1) is 18.7. The number of nitrogens with zero attached hydrogens (tertiary/aromatic N) is 3. The van der Waals surface area contributed by atoms with Gasteiger partial charge in [-0.15, -0.1) is 0 Å². The van der Waals surface area contributed by atoms with E-state index in [0.29, 0.717) is 5.69 Å². The lowest BCUT2D eigenvalue weighted by molar-refractivity contribution is -0.384. The Balaban J connectivity index is 2.31. The molecule has 1 amide bonds. The van der Waals surface area contributed by atoms with Gasteiger partial charge in [0.1, 0.15) is 11.5 Å². The van der Waals surface area contributed by atoms with Gasteiger partial charge in [0.2, 0.25) is 0 Å². The molecular weight excluding hydrogens is 349 g/mol. The molecule has 0 heterocycles. The summed E-state index contributed by atoms with van der Waals surface area (Å²) in [6.45, 7) is -0.0480. The van der Waals surface area contributed by atoms with Crippen molar-refractivity contribution in [2.24, 2.45) is 0 Å². The molecule has 132 valence electrons. The Kier molecular flexibility index (Phi) is 5.58. The fourth-order valence-electron chi connectivity index (χ4n) is 2.39. The van der Waals surface area contributed by atoms with Crippen molar-refractivity contribution in [1.29, 1.82) is 0 Å². The maximum atomic E-state index is 13.9. The number of halogens is 2. The van der Waals surface area contributed by atoms with E-state index < -0.39 is 16.6 Å². The lowest BCUT2D eigenvalue weighted by Crippen LogP contribution is -2.27. The average molecular weight is 366 g/mol. The molecule has 8 heteroatoms. The summed E-state index contributed by atoms with van der Waals surface area (Å²) in [6.07, 6.45) is 0. The number of anilines is 1. The highest BCUT2D eigenvalue weighted by molar-refractivity contribution is 6.31. The summed E-state index contributed by atoms with van der Waals surface area (Å²) in [6, 6.07) is 8.51. The monoisotopic (exact) mass is 365 g/mol. The predicted octanol–water partition coefficient (Wildman–Crippen LogP) is 3.73. The molecule has 0 unspecified atom stereocenters. The van der Waals surface area contributed by atoms with Crippen LogP contribution in [0.4, 0.5) is 15.8 Å². The highest BCUT2D eigenvalue weighted by Gasteiger charge is 2.21. The van der Waals surface area contributed by atoms with Crippen molar-refractivity contribution in [3.8, 4) is 0 Å². The smallest absolute Gasteiger partial charge is 0.293 e. The fourth-order valence-corrected chi connectivity index (χ4v) is 2.62. The number of amides is 1. The number of carbonyl (C=O) groups is 1. The van der Waals surface area contributed by atoms with Crippen molar-refractivity contribution in [2.45, 2.75) is 6.54 Å². The fraction of sp³-hybridized carbons (Fsp3) is 0.235. The van der Waals surface area contributed by atoms with Crippen LogP contribution in [0, 0.1) is 15.9 Å². The predicted molar refractivity (Wildman–Crippen MR) is 94.6 cm³/mol. The first-order valence-corrected chi connectivity index (χ1v) is 7.74. The normalized spacial score (nSPS) is 10.4. The third-order valence-electron chi connectivity index (χ3n) is 3.70. The van der Waals surface area contributed by atoms with Gasteiger partial charge in [0.15, 0.2) is 0 Å². The molecule has 0 bridgehead atoms. The van der Waals surface area contributed by atoms with Crippen molar-refractivity contribution in [1.82, 2.24) is 4.90 Å². The Hall–Kier alpha value is -2.67. The van der Waals surface area contributed by atoms with Crippen LogP contribution in [0.25, 0.3) is 0 Å². The second-order valence-electron chi connectivity index (χ2n) is 5.72. The van der Waals surface area contributed by atoms with Crippen LogP contribution in [0.15, 0.2) is 36.4 Å². The zero-order valence-corrected chi connectivity index (χ0v) is 14.7. The van der Waals surface area contributed by atoms with Crippen LogP contribution < -0.4 is 4.90 Å². The highest BCUT2D eigenvalue weighted by atomic mass is 35.5. The topological polar surface area (TPSA) is 66.7 Å². The van der Waals surface area contributed by atoms with Crippen LogP contribution >= 0.6 is 11.6 Å². The van der Waals surface area contributed by atoms with Gasteiger partial charge in [-0.05, 0) is 24.3 Å². The first-order valence-electron chi connectivity index (χ1n) is 7.36. The lowest BCUT2D eigenvalue weighted by atomic mass is 10.1. The van der Waals surface area contributed by atoms with E-state index in [-0.39, 0.29) is 28.4 Å².